The van der Waals surface area contributed by atoms with Gasteiger partial charge in [0.05, 0.1) is 5.69 Å². The van der Waals surface area contributed by atoms with Crippen molar-refractivity contribution < 1.29 is 8.78 Å². The summed E-state index contributed by atoms with van der Waals surface area (Å²) in [5, 5.41) is 6.30. The number of pyridine rings is 1. The zero-order valence-corrected chi connectivity index (χ0v) is 8.31. The molecule has 0 amide bonds. The number of hydrogen-bond donors (Lipinski definition) is 2. The van der Waals surface area contributed by atoms with E-state index in [4.69, 9.17) is 5.73 Å². The van der Waals surface area contributed by atoms with E-state index in [2.05, 4.69) is 10.3 Å². The second-order valence-corrected chi connectivity index (χ2v) is 3.60. The van der Waals surface area contributed by atoms with Crippen molar-refractivity contribution in [3.05, 3.63) is 34.5 Å². The summed E-state index contributed by atoms with van der Waals surface area (Å²) in [6.45, 7) is 0. The van der Waals surface area contributed by atoms with Gasteiger partial charge in [-0.25, -0.2) is 13.8 Å². The summed E-state index contributed by atoms with van der Waals surface area (Å²) in [4.78, 5) is 3.57. The van der Waals surface area contributed by atoms with Crippen LogP contribution in [0, 0.1) is 11.6 Å². The van der Waals surface area contributed by atoms with Gasteiger partial charge in [-0.15, -0.1) is 0 Å². The van der Waals surface area contributed by atoms with Gasteiger partial charge >= 0.3 is 0 Å². The summed E-state index contributed by atoms with van der Waals surface area (Å²) in [5.74, 6) is -2.03. The zero-order chi connectivity index (χ0) is 10.8. The lowest BCUT2D eigenvalue weighted by molar-refractivity contribution is 0.581. The fourth-order valence-electron chi connectivity index (χ4n) is 1.04. The Kier molecular flexibility index (Phi) is 2.51. The molecule has 0 fully saturated rings. The molecule has 2 rings (SSSR count). The molecule has 0 radical (unpaired) electrons. The Hall–Kier alpha value is -1.69. The molecule has 0 spiro atoms. The van der Waals surface area contributed by atoms with Crippen molar-refractivity contribution >= 4 is 28.7 Å². The number of nitrogens with one attached hydrogen (secondary N) is 1. The Labute approximate surface area is 88.6 Å². The highest BCUT2D eigenvalue weighted by molar-refractivity contribution is 7.08. The third-order valence-electron chi connectivity index (χ3n) is 1.74. The summed E-state index contributed by atoms with van der Waals surface area (Å²) in [7, 11) is 0. The Morgan fingerprint density at radius 2 is 2.13 bits per heavy atom. The van der Waals surface area contributed by atoms with Crippen LogP contribution >= 0.6 is 11.3 Å². The molecule has 0 bridgehead atoms. The maximum absolute atomic E-state index is 13.2. The first-order chi connectivity index (χ1) is 7.16. The highest BCUT2D eigenvalue weighted by Crippen LogP contribution is 2.22. The van der Waals surface area contributed by atoms with Crippen molar-refractivity contribution in [1.29, 1.82) is 0 Å². The molecule has 0 aliphatic heterocycles. The number of anilines is 3. The van der Waals surface area contributed by atoms with Crippen molar-refractivity contribution in [3.8, 4) is 0 Å². The summed E-state index contributed by atoms with van der Waals surface area (Å²) in [6, 6.07) is 2.46. The number of aromatic nitrogens is 1. The fourth-order valence-corrected chi connectivity index (χ4v) is 1.63. The van der Waals surface area contributed by atoms with Crippen LogP contribution in [0.3, 0.4) is 0 Å². The molecule has 3 N–H and O–H groups in total. The van der Waals surface area contributed by atoms with Crippen LogP contribution in [-0.4, -0.2) is 4.98 Å². The monoisotopic (exact) mass is 227 g/mol. The first-order valence-electron chi connectivity index (χ1n) is 4.07. The molecule has 0 saturated carbocycles. The highest BCUT2D eigenvalue weighted by atomic mass is 32.1. The molecule has 2 heterocycles. The van der Waals surface area contributed by atoms with Gasteiger partial charge in [0.15, 0.2) is 23.3 Å². The largest absolute Gasteiger partial charge is 0.381 e. The molecule has 78 valence electrons. The van der Waals surface area contributed by atoms with Gasteiger partial charge in [0.1, 0.15) is 0 Å². The van der Waals surface area contributed by atoms with Gasteiger partial charge in [0, 0.05) is 11.4 Å². The van der Waals surface area contributed by atoms with Crippen LogP contribution in [0.25, 0.3) is 0 Å². The molecule has 15 heavy (non-hydrogen) atoms. The molecular weight excluding hydrogens is 220 g/mol. The molecule has 0 aliphatic rings. The fraction of sp³-hybridized carbons (Fsp3) is 0. The van der Waals surface area contributed by atoms with Crippen LogP contribution < -0.4 is 11.1 Å². The lowest BCUT2D eigenvalue weighted by atomic mass is 10.4. The van der Waals surface area contributed by atoms with Crippen LogP contribution in [0.15, 0.2) is 22.9 Å². The molecule has 0 aromatic carbocycles. The molecule has 2 aromatic heterocycles. The van der Waals surface area contributed by atoms with Crippen LogP contribution in [0.2, 0.25) is 0 Å². The Balaban J connectivity index is 2.33. The van der Waals surface area contributed by atoms with Gasteiger partial charge in [0.2, 0.25) is 0 Å². The summed E-state index contributed by atoms with van der Waals surface area (Å²) >= 11 is 1.45. The summed E-state index contributed by atoms with van der Waals surface area (Å²) in [5.41, 5.74) is 5.92. The first kappa shape index (κ1) is 9.85. The van der Waals surface area contributed by atoms with E-state index in [1.165, 1.54) is 11.3 Å². The zero-order valence-electron chi connectivity index (χ0n) is 7.50. The van der Waals surface area contributed by atoms with Crippen molar-refractivity contribution in [2.75, 3.05) is 11.1 Å². The van der Waals surface area contributed by atoms with E-state index in [1.54, 1.807) is 11.4 Å². The first-order valence-corrected chi connectivity index (χ1v) is 5.02. The van der Waals surface area contributed by atoms with Crippen LogP contribution in [0.1, 0.15) is 0 Å². The molecule has 6 heteroatoms. The molecular formula is C9H7F2N3S. The molecule has 0 aliphatic carbocycles. The average molecular weight is 227 g/mol. The van der Waals surface area contributed by atoms with E-state index in [9.17, 15) is 8.78 Å². The van der Waals surface area contributed by atoms with E-state index in [-0.39, 0.29) is 11.6 Å². The lowest BCUT2D eigenvalue weighted by Crippen LogP contribution is -2.02. The summed E-state index contributed by atoms with van der Waals surface area (Å²) in [6.07, 6.45) is 0. The van der Waals surface area contributed by atoms with Gasteiger partial charge in [-0.1, -0.05) is 0 Å². The Bertz CT molecular complexity index is 470. The van der Waals surface area contributed by atoms with Gasteiger partial charge in [0.25, 0.3) is 0 Å². The van der Waals surface area contributed by atoms with Crippen molar-refractivity contribution in [1.82, 2.24) is 4.98 Å². The smallest absolute Gasteiger partial charge is 0.169 e. The SMILES string of the molecule is Nc1nc(Nc2ccsc2)c(F)cc1F. The molecule has 3 nitrogen and oxygen atoms in total. The average Bonchev–Trinajstić information content (AvgIpc) is 2.67. The third kappa shape index (κ3) is 2.04. The number of rotatable bonds is 2. The predicted molar refractivity (Wildman–Crippen MR) is 56.2 cm³/mol. The topological polar surface area (TPSA) is 50.9 Å². The van der Waals surface area contributed by atoms with E-state index in [0.29, 0.717) is 11.8 Å². The second-order valence-electron chi connectivity index (χ2n) is 2.82. The lowest BCUT2D eigenvalue weighted by Gasteiger charge is -2.05. The number of hydrogen-bond acceptors (Lipinski definition) is 4. The minimum absolute atomic E-state index is 0.0766. The summed E-state index contributed by atoms with van der Waals surface area (Å²) < 4.78 is 26.0. The minimum Gasteiger partial charge on any atom is -0.381 e. The maximum Gasteiger partial charge on any atom is 0.169 e. The standard InChI is InChI=1S/C9H7F2N3S/c10-6-3-7(11)9(14-8(6)12)13-5-1-2-15-4-5/h1-4H,(H3,12,13,14). The van der Waals surface area contributed by atoms with E-state index in [1.807, 2.05) is 5.38 Å². The Morgan fingerprint density at radius 1 is 1.33 bits per heavy atom. The normalized spacial score (nSPS) is 10.3. The predicted octanol–water partition coefficient (Wildman–Crippen LogP) is 2.75. The molecule has 0 atom stereocenters. The van der Waals surface area contributed by atoms with Crippen molar-refractivity contribution in [3.63, 3.8) is 0 Å². The van der Waals surface area contributed by atoms with E-state index < -0.39 is 11.6 Å². The second kappa shape index (κ2) is 3.82. The number of nitrogens with two attached hydrogens (primary N) is 1. The number of nitrogens with zero attached hydrogens (tertiary/aromatic N) is 1. The third-order valence-corrected chi connectivity index (χ3v) is 2.42. The van der Waals surface area contributed by atoms with Gasteiger partial charge in [-0.05, 0) is 11.4 Å². The van der Waals surface area contributed by atoms with Gasteiger partial charge in [-0.3, -0.25) is 0 Å². The number of nitrogen functional groups attached to an aromatic ring is 1. The van der Waals surface area contributed by atoms with Crippen molar-refractivity contribution in [2.45, 2.75) is 0 Å². The van der Waals surface area contributed by atoms with E-state index >= 15 is 0 Å². The van der Waals surface area contributed by atoms with E-state index in [0.717, 1.165) is 0 Å². The minimum atomic E-state index is -0.858. The van der Waals surface area contributed by atoms with Crippen LogP contribution in [0.4, 0.5) is 26.1 Å². The molecule has 0 saturated heterocycles. The number of halogens is 2. The Morgan fingerprint density at radius 3 is 2.80 bits per heavy atom. The highest BCUT2D eigenvalue weighted by Gasteiger charge is 2.09. The maximum atomic E-state index is 13.2. The molecule has 0 unspecified atom stereocenters. The number of thiophene rings is 1. The van der Waals surface area contributed by atoms with Crippen LogP contribution in [0.5, 0.6) is 0 Å². The van der Waals surface area contributed by atoms with Gasteiger partial charge < -0.3 is 11.1 Å². The quantitative estimate of drug-likeness (QED) is 0.829. The van der Waals surface area contributed by atoms with Gasteiger partial charge in [-0.2, -0.15) is 11.3 Å². The van der Waals surface area contributed by atoms with Crippen molar-refractivity contribution in [2.24, 2.45) is 0 Å². The molecule has 2 aromatic rings. The van der Waals surface area contributed by atoms with Crippen LogP contribution in [-0.2, 0) is 0 Å².